The molecule has 2 N–H and O–H groups in total. The Bertz CT molecular complexity index is 1250. The Morgan fingerprint density at radius 1 is 1.03 bits per heavy atom. The van der Waals surface area contributed by atoms with Crippen molar-refractivity contribution in [2.45, 2.75) is 85.1 Å². The lowest BCUT2D eigenvalue weighted by molar-refractivity contribution is 0.383. The fraction of sp³-hybridized carbons (Fsp3) is 0.394. The van der Waals surface area contributed by atoms with Crippen molar-refractivity contribution >= 4 is 17.2 Å². The van der Waals surface area contributed by atoms with E-state index in [9.17, 15) is 5.26 Å². The molecule has 0 saturated heterocycles. The Morgan fingerprint density at radius 2 is 1.68 bits per heavy atom. The van der Waals surface area contributed by atoms with E-state index in [1.54, 1.807) is 11.3 Å². The third kappa shape index (κ3) is 6.59. The van der Waals surface area contributed by atoms with Crippen LogP contribution in [-0.2, 0) is 11.0 Å². The molecule has 1 aromatic heterocycles. The second kappa shape index (κ2) is 12.9. The third-order valence-corrected chi connectivity index (χ3v) is 8.24. The van der Waals surface area contributed by atoms with E-state index >= 15 is 0 Å². The van der Waals surface area contributed by atoms with Gasteiger partial charge in [0.05, 0.1) is 17.5 Å². The van der Waals surface area contributed by atoms with Crippen LogP contribution in [0.25, 0.3) is 11.1 Å². The molecule has 0 saturated carbocycles. The average molecular weight is 514 g/mol. The zero-order valence-electron chi connectivity index (χ0n) is 23.9. The predicted molar refractivity (Wildman–Crippen MR) is 162 cm³/mol. The van der Waals surface area contributed by atoms with Gasteiger partial charge in [-0.1, -0.05) is 90.1 Å². The first kappa shape index (κ1) is 30.1. The molecule has 3 aromatic rings. The second-order valence-corrected chi connectivity index (χ2v) is 11.0. The maximum absolute atomic E-state index is 9.34. The van der Waals surface area contributed by atoms with Gasteiger partial charge in [0.2, 0.25) is 0 Å². The summed E-state index contributed by atoms with van der Waals surface area (Å²) in [5.41, 5.74) is 12.2. The molecule has 196 valence electrons. The van der Waals surface area contributed by atoms with E-state index in [4.69, 9.17) is 10.7 Å². The Kier molecular flexibility index (Phi) is 10.5. The van der Waals surface area contributed by atoms with Crippen molar-refractivity contribution < 1.29 is 0 Å². The zero-order chi connectivity index (χ0) is 27.8. The quantitative estimate of drug-likeness (QED) is 0.176. The number of nitrogens with two attached hydrogens (primary N) is 1. The number of nitriles is 1. The molecule has 2 aromatic carbocycles. The Morgan fingerprint density at radius 3 is 2.19 bits per heavy atom. The molecule has 0 aliphatic carbocycles. The minimum absolute atomic E-state index is 0.0262. The van der Waals surface area contributed by atoms with Crippen LogP contribution in [0.2, 0.25) is 0 Å². The van der Waals surface area contributed by atoms with Crippen LogP contribution in [-0.4, -0.2) is 5.84 Å². The molecule has 3 nitrogen and oxygen atoms in total. The number of hydrogen-bond donors (Lipinski definition) is 1. The van der Waals surface area contributed by atoms with Crippen LogP contribution in [0.4, 0.5) is 0 Å². The fourth-order valence-electron chi connectivity index (χ4n) is 4.82. The summed E-state index contributed by atoms with van der Waals surface area (Å²) >= 11 is 1.70. The van der Waals surface area contributed by atoms with E-state index in [1.165, 1.54) is 11.1 Å². The number of rotatable bonds is 9. The van der Waals surface area contributed by atoms with Gasteiger partial charge in [-0.25, -0.2) is 0 Å². The largest absolute Gasteiger partial charge is 0.388 e. The van der Waals surface area contributed by atoms with Crippen molar-refractivity contribution in [1.29, 1.82) is 5.26 Å². The summed E-state index contributed by atoms with van der Waals surface area (Å²) in [6, 6.07) is 21.2. The highest BCUT2D eigenvalue weighted by Gasteiger charge is 2.42. The lowest BCUT2D eigenvalue weighted by Gasteiger charge is -2.38. The lowest BCUT2D eigenvalue weighted by atomic mass is 9.72. The normalized spacial score (nSPS) is 14.1. The molecular weight excluding hydrogens is 470 g/mol. The van der Waals surface area contributed by atoms with Crippen molar-refractivity contribution in [1.82, 2.24) is 0 Å². The van der Waals surface area contributed by atoms with Crippen LogP contribution in [0.1, 0.15) is 95.7 Å². The first-order valence-electron chi connectivity index (χ1n) is 13.2. The highest BCUT2D eigenvalue weighted by Crippen LogP contribution is 2.50. The van der Waals surface area contributed by atoms with Gasteiger partial charge in [0.15, 0.2) is 0 Å². The summed E-state index contributed by atoms with van der Waals surface area (Å²) in [5, 5.41) is 11.5. The molecule has 2 atom stereocenters. The van der Waals surface area contributed by atoms with Crippen LogP contribution in [0, 0.1) is 11.3 Å². The molecular formula is C33H43N3S. The van der Waals surface area contributed by atoms with Crippen molar-refractivity contribution in [2.24, 2.45) is 10.7 Å². The van der Waals surface area contributed by atoms with Gasteiger partial charge in [0.25, 0.3) is 0 Å². The SMILES string of the molecule is C=C(C)[C@H](c1ccc(C(C)(C)CC)cc1)[C@](CC)(N=C(C)N)c1cc(-c2cccc(C#N)c2)cs1.CC. The van der Waals surface area contributed by atoms with E-state index < -0.39 is 5.54 Å². The van der Waals surface area contributed by atoms with E-state index in [0.717, 1.165) is 34.4 Å². The summed E-state index contributed by atoms with van der Waals surface area (Å²) in [6.07, 6.45) is 1.86. The highest BCUT2D eigenvalue weighted by atomic mass is 32.1. The minimum atomic E-state index is -0.567. The number of aliphatic imine (C=N–C) groups is 1. The standard InChI is InChI=1S/C31H37N3S.C2H6/c1-8-30(6,7)27-15-13-24(14-16-27)29(21(3)4)31(9-2,34-22(5)33)28-18-26(20-35-28)25-12-10-11-23(17-25)19-32;1-2/h10-18,20,29H,3,8-9H2,1-2,4-7H3,(H2,33,34);1-2H3/t29-,31-;/m1./s1. The van der Waals surface area contributed by atoms with Crippen molar-refractivity contribution in [3.8, 4) is 17.2 Å². The smallest absolute Gasteiger partial charge is 0.107 e. The van der Waals surface area contributed by atoms with Crippen LogP contribution in [0.3, 0.4) is 0 Å². The third-order valence-electron chi connectivity index (χ3n) is 7.15. The number of nitrogens with zero attached hydrogens (tertiary/aromatic N) is 2. The summed E-state index contributed by atoms with van der Waals surface area (Å²) < 4.78 is 0. The number of thiophene rings is 1. The van der Waals surface area contributed by atoms with E-state index in [0.29, 0.717) is 11.4 Å². The van der Waals surface area contributed by atoms with Crippen molar-refractivity contribution in [2.75, 3.05) is 0 Å². The zero-order valence-corrected chi connectivity index (χ0v) is 24.7. The molecule has 0 bridgehead atoms. The Labute approximate surface area is 228 Å². The van der Waals surface area contributed by atoms with Gasteiger partial charge in [0, 0.05) is 10.8 Å². The maximum Gasteiger partial charge on any atom is 0.107 e. The number of hydrogen-bond acceptors (Lipinski definition) is 3. The summed E-state index contributed by atoms with van der Waals surface area (Å²) in [7, 11) is 0. The first-order chi connectivity index (χ1) is 17.6. The number of benzene rings is 2. The molecule has 3 rings (SSSR count). The van der Waals surface area contributed by atoms with Gasteiger partial charge in [-0.3, -0.25) is 4.99 Å². The molecule has 37 heavy (non-hydrogen) atoms. The monoisotopic (exact) mass is 513 g/mol. The summed E-state index contributed by atoms with van der Waals surface area (Å²) in [5.74, 6) is 0.532. The van der Waals surface area contributed by atoms with Crippen LogP contribution in [0.5, 0.6) is 0 Å². The van der Waals surface area contributed by atoms with Crippen LogP contribution >= 0.6 is 11.3 Å². The lowest BCUT2D eigenvalue weighted by Crippen LogP contribution is -2.33. The summed E-state index contributed by atoms with van der Waals surface area (Å²) in [4.78, 5) is 6.26. The molecule has 0 spiro atoms. The minimum Gasteiger partial charge on any atom is -0.388 e. The number of amidine groups is 1. The van der Waals surface area contributed by atoms with E-state index in [1.807, 2.05) is 45.0 Å². The second-order valence-electron chi connectivity index (χ2n) is 10.1. The van der Waals surface area contributed by atoms with Gasteiger partial charge in [-0.2, -0.15) is 5.26 Å². The van der Waals surface area contributed by atoms with Gasteiger partial charge >= 0.3 is 0 Å². The Hall–Kier alpha value is -3.16. The van der Waals surface area contributed by atoms with Gasteiger partial charge in [-0.05, 0) is 77.9 Å². The molecule has 0 radical (unpaired) electrons. The first-order valence-corrected chi connectivity index (χ1v) is 14.1. The average Bonchev–Trinajstić information content (AvgIpc) is 3.40. The molecule has 0 fully saturated rings. The van der Waals surface area contributed by atoms with Crippen molar-refractivity contribution in [3.63, 3.8) is 0 Å². The van der Waals surface area contributed by atoms with Gasteiger partial charge < -0.3 is 5.73 Å². The van der Waals surface area contributed by atoms with E-state index in [2.05, 4.69) is 83.0 Å². The molecule has 1 heterocycles. The molecule has 0 aliphatic rings. The molecule has 0 unspecified atom stereocenters. The summed E-state index contributed by atoms with van der Waals surface area (Å²) in [6.45, 7) is 21.3. The predicted octanol–water partition coefficient (Wildman–Crippen LogP) is 9.34. The molecule has 0 amide bonds. The van der Waals surface area contributed by atoms with Crippen molar-refractivity contribution in [3.05, 3.63) is 93.7 Å². The molecule has 4 heteroatoms. The highest BCUT2D eigenvalue weighted by molar-refractivity contribution is 7.10. The van der Waals surface area contributed by atoms with Crippen LogP contribution < -0.4 is 5.73 Å². The maximum atomic E-state index is 9.34. The van der Waals surface area contributed by atoms with Gasteiger partial charge in [0.1, 0.15) is 5.54 Å². The van der Waals surface area contributed by atoms with Gasteiger partial charge in [-0.15, -0.1) is 11.3 Å². The van der Waals surface area contributed by atoms with Crippen LogP contribution in [0.15, 0.2) is 77.1 Å². The van der Waals surface area contributed by atoms with E-state index in [-0.39, 0.29) is 11.3 Å². The Balaban J connectivity index is 0.00000235. The molecule has 0 aliphatic heterocycles. The topological polar surface area (TPSA) is 62.2 Å². The fourth-order valence-corrected chi connectivity index (χ4v) is 5.98.